The number of benzene rings is 1. The van der Waals surface area contributed by atoms with Crippen molar-refractivity contribution in [1.29, 1.82) is 0 Å². The molecule has 0 radical (unpaired) electrons. The van der Waals surface area contributed by atoms with Crippen molar-refractivity contribution in [2.75, 3.05) is 24.5 Å². The first-order chi connectivity index (χ1) is 14.8. The Morgan fingerprint density at radius 1 is 1.19 bits per heavy atom. The van der Waals surface area contributed by atoms with Crippen LogP contribution in [-0.4, -0.2) is 51.6 Å². The average Bonchev–Trinajstić information content (AvgIpc) is 3.11. The van der Waals surface area contributed by atoms with Gasteiger partial charge in [0, 0.05) is 25.7 Å². The Hall–Kier alpha value is -3.01. The Bertz CT molecular complexity index is 1100. The molecule has 3 aliphatic rings. The van der Waals surface area contributed by atoms with Crippen molar-refractivity contribution in [2.24, 2.45) is 5.73 Å². The van der Waals surface area contributed by atoms with Gasteiger partial charge in [-0.1, -0.05) is 6.07 Å². The molecule has 5 rings (SSSR count). The third-order valence-electron chi connectivity index (χ3n) is 6.47. The van der Waals surface area contributed by atoms with Crippen LogP contribution < -0.4 is 21.1 Å². The van der Waals surface area contributed by atoms with Gasteiger partial charge < -0.3 is 20.3 Å². The Labute approximate surface area is 177 Å². The summed E-state index contributed by atoms with van der Waals surface area (Å²) in [7, 11) is 0. The zero-order chi connectivity index (χ0) is 21.8. The second kappa shape index (κ2) is 7.30. The Morgan fingerprint density at radius 3 is 2.71 bits per heavy atom. The molecule has 10 heteroatoms. The fourth-order valence-electron chi connectivity index (χ4n) is 4.54. The van der Waals surface area contributed by atoms with Gasteiger partial charge in [0.2, 0.25) is 11.8 Å². The van der Waals surface area contributed by atoms with E-state index >= 15 is 0 Å². The number of hydrogen-bond donors (Lipinski definition) is 1. The quantitative estimate of drug-likeness (QED) is 0.777. The summed E-state index contributed by atoms with van der Waals surface area (Å²) in [4.78, 5) is 33.2. The van der Waals surface area contributed by atoms with Crippen LogP contribution in [0.5, 0.6) is 5.88 Å². The van der Waals surface area contributed by atoms with E-state index in [1.807, 2.05) is 4.90 Å². The molecule has 1 saturated carbocycles. The topological polar surface area (TPSA) is 93.7 Å². The number of aromatic nitrogens is 2. The van der Waals surface area contributed by atoms with E-state index in [9.17, 15) is 18.4 Å². The summed E-state index contributed by atoms with van der Waals surface area (Å²) in [5.41, 5.74) is 5.46. The lowest BCUT2D eigenvalue weighted by molar-refractivity contribution is -0.141. The Morgan fingerprint density at radius 2 is 2.00 bits per heavy atom. The fourth-order valence-corrected chi connectivity index (χ4v) is 4.54. The van der Waals surface area contributed by atoms with Gasteiger partial charge in [0.25, 0.3) is 0 Å². The third-order valence-corrected chi connectivity index (χ3v) is 6.47. The molecule has 1 aliphatic carbocycles. The van der Waals surface area contributed by atoms with Crippen molar-refractivity contribution >= 4 is 11.7 Å². The van der Waals surface area contributed by atoms with Crippen molar-refractivity contribution in [3.8, 4) is 5.88 Å². The van der Waals surface area contributed by atoms with Crippen LogP contribution >= 0.6 is 0 Å². The Kier molecular flexibility index (Phi) is 4.69. The highest BCUT2D eigenvalue weighted by Crippen LogP contribution is 2.34. The van der Waals surface area contributed by atoms with E-state index in [0.29, 0.717) is 37.6 Å². The smallest absolute Gasteiger partial charge is 0.352 e. The van der Waals surface area contributed by atoms with E-state index in [4.69, 9.17) is 10.5 Å². The van der Waals surface area contributed by atoms with E-state index in [0.717, 1.165) is 31.4 Å². The van der Waals surface area contributed by atoms with Gasteiger partial charge in [-0.05, 0) is 37.0 Å². The fraction of sp³-hybridized carbons (Fsp3) is 0.476. The minimum atomic E-state index is -0.959. The number of hydrogen-bond acceptors (Lipinski definition) is 6. The molecule has 2 aliphatic heterocycles. The standard InChI is InChI=1S/C21H23F2N5O3/c22-15-3-2-13(8-16(15)23)12-31-17-9-18-27-7-6-26(19(29)21(24)4-1-5-21)10-14(27)11-28(18)20(30)25-17/h2-3,8-9,14H,1,4-7,10-12,24H2. The number of ether oxygens (including phenoxy) is 1. The molecule has 1 aromatic heterocycles. The predicted molar refractivity (Wildman–Crippen MR) is 108 cm³/mol. The highest BCUT2D eigenvalue weighted by atomic mass is 19.2. The number of rotatable bonds is 4. The summed E-state index contributed by atoms with van der Waals surface area (Å²) >= 11 is 0. The first kappa shape index (κ1) is 19.9. The number of halogens is 2. The SMILES string of the molecule is NC1(C(=O)N2CCN3c4cc(OCc5ccc(F)c(F)c5)nc(=O)n4CC3C2)CCC1. The lowest BCUT2D eigenvalue weighted by Gasteiger charge is -2.44. The monoisotopic (exact) mass is 431 g/mol. The largest absolute Gasteiger partial charge is 0.473 e. The molecular weight excluding hydrogens is 408 g/mol. The minimum Gasteiger partial charge on any atom is -0.473 e. The number of fused-ring (bicyclic) bond motifs is 3. The van der Waals surface area contributed by atoms with Gasteiger partial charge in [-0.2, -0.15) is 4.98 Å². The summed E-state index contributed by atoms with van der Waals surface area (Å²) in [5, 5.41) is 0. The first-order valence-corrected chi connectivity index (χ1v) is 10.4. The molecule has 0 bridgehead atoms. The summed E-state index contributed by atoms with van der Waals surface area (Å²) in [5.74, 6) is -1.09. The van der Waals surface area contributed by atoms with Gasteiger partial charge in [-0.25, -0.2) is 13.6 Å². The van der Waals surface area contributed by atoms with Crippen LogP contribution in [0.2, 0.25) is 0 Å². The molecule has 1 amide bonds. The molecule has 2 N–H and O–H groups in total. The van der Waals surface area contributed by atoms with Crippen molar-refractivity contribution in [1.82, 2.24) is 14.5 Å². The van der Waals surface area contributed by atoms with Crippen molar-refractivity contribution in [2.45, 2.75) is 44.0 Å². The number of anilines is 1. The molecule has 8 nitrogen and oxygen atoms in total. The van der Waals surface area contributed by atoms with E-state index in [1.54, 1.807) is 10.6 Å². The first-order valence-electron chi connectivity index (χ1n) is 10.4. The molecule has 2 aromatic rings. The molecule has 2 fully saturated rings. The number of carbonyl (C=O) groups excluding carboxylic acids is 1. The number of amides is 1. The number of nitrogens with zero attached hydrogens (tertiary/aromatic N) is 4. The molecule has 1 unspecified atom stereocenters. The molecule has 1 aromatic carbocycles. The van der Waals surface area contributed by atoms with Crippen molar-refractivity contribution in [3.05, 3.63) is 51.9 Å². The van der Waals surface area contributed by atoms with E-state index in [-0.39, 0.29) is 24.4 Å². The second-order valence-electron chi connectivity index (χ2n) is 8.49. The summed E-state index contributed by atoms with van der Waals surface area (Å²) in [6, 6.07) is 5.14. The summed E-state index contributed by atoms with van der Waals surface area (Å²) < 4.78 is 33.6. The van der Waals surface area contributed by atoms with Gasteiger partial charge in [-0.15, -0.1) is 0 Å². The average molecular weight is 431 g/mol. The summed E-state index contributed by atoms with van der Waals surface area (Å²) in [6.07, 6.45) is 2.42. The highest BCUT2D eigenvalue weighted by molar-refractivity contribution is 5.87. The zero-order valence-electron chi connectivity index (χ0n) is 16.9. The molecule has 31 heavy (non-hydrogen) atoms. The molecule has 1 atom stereocenters. The molecule has 3 heterocycles. The van der Waals surface area contributed by atoms with Crippen LogP contribution in [-0.2, 0) is 17.9 Å². The van der Waals surface area contributed by atoms with Crippen molar-refractivity contribution < 1.29 is 18.3 Å². The van der Waals surface area contributed by atoms with Crippen LogP contribution in [0.3, 0.4) is 0 Å². The lowest BCUT2D eigenvalue weighted by Crippen LogP contribution is -2.64. The molecule has 1 saturated heterocycles. The van der Waals surface area contributed by atoms with Crippen LogP contribution in [0.15, 0.2) is 29.1 Å². The van der Waals surface area contributed by atoms with Gasteiger partial charge in [0.05, 0.1) is 18.1 Å². The van der Waals surface area contributed by atoms with Crippen LogP contribution in [0.25, 0.3) is 0 Å². The predicted octanol–water partition coefficient (Wildman–Crippen LogP) is 1.01. The number of nitrogens with two attached hydrogens (primary N) is 1. The Balaban J connectivity index is 1.30. The second-order valence-corrected chi connectivity index (χ2v) is 8.49. The highest BCUT2D eigenvalue weighted by Gasteiger charge is 2.45. The van der Waals surface area contributed by atoms with Gasteiger partial charge >= 0.3 is 5.69 Å². The zero-order valence-corrected chi connectivity index (χ0v) is 16.9. The molecular formula is C21H23F2N5O3. The maximum absolute atomic E-state index is 13.4. The maximum atomic E-state index is 13.4. The van der Waals surface area contributed by atoms with E-state index in [2.05, 4.69) is 9.88 Å². The summed E-state index contributed by atoms with van der Waals surface area (Å²) in [6.45, 7) is 2.02. The number of carbonyl (C=O) groups is 1. The molecule has 164 valence electrons. The van der Waals surface area contributed by atoms with E-state index < -0.39 is 22.9 Å². The van der Waals surface area contributed by atoms with E-state index in [1.165, 1.54) is 6.07 Å². The van der Waals surface area contributed by atoms with Crippen LogP contribution in [0.4, 0.5) is 14.6 Å². The molecule has 0 spiro atoms. The van der Waals surface area contributed by atoms with Crippen LogP contribution in [0.1, 0.15) is 24.8 Å². The van der Waals surface area contributed by atoms with Gasteiger partial charge in [0.15, 0.2) is 11.6 Å². The minimum absolute atomic E-state index is 0.00428. The van der Waals surface area contributed by atoms with Crippen LogP contribution in [0, 0.1) is 11.6 Å². The third kappa shape index (κ3) is 3.44. The number of piperazine rings is 1. The lowest BCUT2D eigenvalue weighted by atomic mass is 9.76. The normalized spacial score (nSPS) is 21.3. The van der Waals surface area contributed by atoms with Crippen molar-refractivity contribution in [3.63, 3.8) is 0 Å². The van der Waals surface area contributed by atoms with Gasteiger partial charge in [-0.3, -0.25) is 9.36 Å². The maximum Gasteiger partial charge on any atom is 0.352 e. The van der Waals surface area contributed by atoms with Gasteiger partial charge in [0.1, 0.15) is 12.4 Å².